The number of hydrogen-bond acceptors (Lipinski definition) is 4. The molecule has 0 radical (unpaired) electrons. The van der Waals surface area contributed by atoms with Crippen LogP contribution in [-0.2, 0) is 9.47 Å². The summed E-state index contributed by atoms with van der Waals surface area (Å²) in [6, 6.07) is 0. The number of aliphatic imine (C=N–C) groups is 2. The predicted molar refractivity (Wildman–Crippen MR) is 87.0 cm³/mol. The Kier molecular flexibility index (Phi) is 4.09. The van der Waals surface area contributed by atoms with E-state index in [-0.39, 0.29) is 28.7 Å². The quantitative estimate of drug-likeness (QED) is 0.779. The van der Waals surface area contributed by atoms with Crippen molar-refractivity contribution < 1.29 is 9.47 Å². The highest BCUT2D eigenvalue weighted by molar-refractivity contribution is 6.13. The first-order valence-corrected chi connectivity index (χ1v) is 7.80. The molecule has 2 aliphatic rings. The zero-order valence-corrected chi connectivity index (χ0v) is 14.8. The average molecular weight is 294 g/mol. The molecule has 2 heterocycles. The van der Waals surface area contributed by atoms with Crippen LogP contribution in [0.3, 0.4) is 0 Å². The van der Waals surface area contributed by atoms with Crippen LogP contribution >= 0.6 is 0 Å². The molecule has 0 fully saturated rings. The van der Waals surface area contributed by atoms with Crippen molar-refractivity contribution in [2.24, 2.45) is 26.2 Å². The Morgan fingerprint density at radius 3 is 1.29 bits per heavy atom. The topological polar surface area (TPSA) is 43.2 Å². The van der Waals surface area contributed by atoms with Crippen molar-refractivity contribution in [3.63, 3.8) is 0 Å². The lowest BCUT2D eigenvalue weighted by Crippen LogP contribution is -2.35. The number of hydrogen-bond donors (Lipinski definition) is 0. The highest BCUT2D eigenvalue weighted by atomic mass is 16.5. The highest BCUT2D eigenvalue weighted by Crippen LogP contribution is 2.35. The van der Waals surface area contributed by atoms with Gasteiger partial charge in [0.15, 0.2) is 12.5 Å². The molecular formula is C17H30N2O2. The van der Waals surface area contributed by atoms with Gasteiger partial charge in [-0.3, -0.25) is 9.98 Å². The maximum atomic E-state index is 5.87. The summed E-state index contributed by atoms with van der Waals surface area (Å²) in [5, 5.41) is 0. The van der Waals surface area contributed by atoms with E-state index in [9.17, 15) is 0 Å². The van der Waals surface area contributed by atoms with Crippen molar-refractivity contribution in [2.45, 2.75) is 67.8 Å². The van der Waals surface area contributed by atoms with Gasteiger partial charge in [-0.05, 0) is 13.8 Å². The molecule has 0 aromatic rings. The van der Waals surface area contributed by atoms with Crippen LogP contribution in [0.15, 0.2) is 9.98 Å². The predicted octanol–water partition coefficient (Wildman–Crippen LogP) is 3.70. The van der Waals surface area contributed by atoms with Gasteiger partial charge < -0.3 is 9.47 Å². The summed E-state index contributed by atoms with van der Waals surface area (Å²) in [7, 11) is 0. The molecule has 120 valence electrons. The van der Waals surface area contributed by atoms with Gasteiger partial charge in [-0.2, -0.15) is 0 Å². The first-order chi connectivity index (χ1) is 9.42. The van der Waals surface area contributed by atoms with Crippen molar-refractivity contribution >= 4 is 11.4 Å². The summed E-state index contributed by atoms with van der Waals surface area (Å²) in [6.45, 7) is 18.5. The molecule has 2 aliphatic heterocycles. The lowest BCUT2D eigenvalue weighted by atomic mass is 9.82. The molecule has 0 aromatic heterocycles. The summed E-state index contributed by atoms with van der Waals surface area (Å²) >= 11 is 0. The van der Waals surface area contributed by atoms with Crippen molar-refractivity contribution in [1.82, 2.24) is 0 Å². The van der Waals surface area contributed by atoms with Gasteiger partial charge >= 0.3 is 0 Å². The molecule has 0 amide bonds. The Morgan fingerprint density at radius 1 is 0.714 bits per heavy atom. The first-order valence-electron chi connectivity index (χ1n) is 7.80. The molecule has 2 atom stereocenters. The third kappa shape index (κ3) is 3.37. The Labute approximate surface area is 129 Å². The zero-order chi connectivity index (χ0) is 16.1. The van der Waals surface area contributed by atoms with Gasteiger partial charge in [0, 0.05) is 16.2 Å². The summed E-state index contributed by atoms with van der Waals surface area (Å²) in [5.41, 5.74) is 2.03. The smallest absolute Gasteiger partial charge is 0.153 e. The van der Waals surface area contributed by atoms with E-state index in [1.807, 2.05) is 0 Å². The number of ether oxygens (including phenoxy) is 2. The fourth-order valence-electron chi connectivity index (χ4n) is 2.49. The third-order valence-corrected chi connectivity index (χ3v) is 4.23. The second kappa shape index (κ2) is 5.17. The molecule has 0 aliphatic carbocycles. The minimum Gasteiger partial charge on any atom is -0.350 e. The molecule has 0 spiro atoms. The van der Waals surface area contributed by atoms with Crippen LogP contribution in [0.1, 0.15) is 55.4 Å². The van der Waals surface area contributed by atoms with Crippen molar-refractivity contribution in [2.75, 3.05) is 13.2 Å². The van der Waals surface area contributed by atoms with Crippen LogP contribution in [0.5, 0.6) is 0 Å². The molecule has 0 N–H and O–H groups in total. The second-order valence-corrected chi connectivity index (χ2v) is 8.84. The van der Waals surface area contributed by atoms with Crippen LogP contribution in [0.2, 0.25) is 0 Å². The van der Waals surface area contributed by atoms with Crippen molar-refractivity contribution in [3.8, 4) is 0 Å². The van der Waals surface area contributed by atoms with E-state index in [4.69, 9.17) is 19.5 Å². The summed E-state index contributed by atoms with van der Waals surface area (Å²) in [4.78, 5) is 9.64. The molecule has 4 nitrogen and oxygen atoms in total. The highest BCUT2D eigenvalue weighted by Gasteiger charge is 2.41. The maximum Gasteiger partial charge on any atom is 0.153 e. The number of nitrogens with zero attached hydrogens (tertiary/aromatic N) is 2. The SMILES string of the molecule is CC(C)(C1=N[C@@H](C(C)(C)C)OC1)C1=N[C@@H](C(C)(C)C)OC1. The fraction of sp³-hybridized carbons (Fsp3) is 0.882. The van der Waals surface area contributed by atoms with Gasteiger partial charge in [0.05, 0.1) is 24.6 Å². The third-order valence-electron chi connectivity index (χ3n) is 4.23. The van der Waals surface area contributed by atoms with E-state index in [0.29, 0.717) is 13.2 Å². The normalized spacial score (nSPS) is 27.8. The number of rotatable bonds is 2. The summed E-state index contributed by atoms with van der Waals surface area (Å²) in [6.07, 6.45) is -0.124. The van der Waals surface area contributed by atoms with Crippen LogP contribution in [-0.4, -0.2) is 37.1 Å². The van der Waals surface area contributed by atoms with E-state index < -0.39 is 0 Å². The molecule has 21 heavy (non-hydrogen) atoms. The van der Waals surface area contributed by atoms with Gasteiger partial charge in [0.2, 0.25) is 0 Å². The van der Waals surface area contributed by atoms with E-state index in [2.05, 4.69) is 55.4 Å². The summed E-state index contributed by atoms with van der Waals surface area (Å²) in [5.74, 6) is 0. The van der Waals surface area contributed by atoms with E-state index in [1.165, 1.54) is 0 Å². The Bertz CT molecular complexity index is 422. The van der Waals surface area contributed by atoms with Crippen molar-refractivity contribution in [3.05, 3.63) is 0 Å². The summed E-state index contributed by atoms with van der Waals surface area (Å²) < 4.78 is 11.7. The monoisotopic (exact) mass is 294 g/mol. The van der Waals surface area contributed by atoms with Gasteiger partial charge in [-0.1, -0.05) is 41.5 Å². The van der Waals surface area contributed by atoms with Gasteiger partial charge in [0.25, 0.3) is 0 Å². The molecule has 0 saturated carbocycles. The second-order valence-electron chi connectivity index (χ2n) is 8.84. The molecule has 4 heteroatoms. The van der Waals surface area contributed by atoms with Gasteiger partial charge in [0.1, 0.15) is 0 Å². The van der Waals surface area contributed by atoms with Crippen LogP contribution in [0.4, 0.5) is 0 Å². The maximum absolute atomic E-state index is 5.87. The Hall–Kier alpha value is -0.740. The standard InChI is InChI=1S/C17H30N2O2/c1-15(2,3)13-18-11(9-20-13)17(7,8)12-10-21-14(19-12)16(4,5)6/h13-14H,9-10H2,1-8H3/t13-,14-/m1/s1. The van der Waals surface area contributed by atoms with Crippen LogP contribution < -0.4 is 0 Å². The minimum absolute atomic E-state index is 0.0275. The minimum atomic E-state index is -0.194. The Balaban J connectivity index is 2.20. The van der Waals surface area contributed by atoms with Crippen molar-refractivity contribution in [1.29, 1.82) is 0 Å². The lowest BCUT2D eigenvalue weighted by molar-refractivity contribution is 0.0246. The molecule has 0 saturated heterocycles. The largest absolute Gasteiger partial charge is 0.350 e. The van der Waals surface area contributed by atoms with E-state index in [1.54, 1.807) is 0 Å². The van der Waals surface area contributed by atoms with Crippen LogP contribution in [0.25, 0.3) is 0 Å². The average Bonchev–Trinajstić information content (AvgIpc) is 2.97. The van der Waals surface area contributed by atoms with Crippen LogP contribution in [0, 0.1) is 16.2 Å². The molecule has 0 aromatic carbocycles. The molecule has 0 unspecified atom stereocenters. The molecular weight excluding hydrogens is 264 g/mol. The Morgan fingerprint density at radius 2 is 1.05 bits per heavy atom. The van der Waals surface area contributed by atoms with Gasteiger partial charge in [-0.25, -0.2) is 0 Å². The van der Waals surface area contributed by atoms with E-state index in [0.717, 1.165) is 11.4 Å². The fourth-order valence-corrected chi connectivity index (χ4v) is 2.49. The molecule has 0 bridgehead atoms. The van der Waals surface area contributed by atoms with E-state index >= 15 is 0 Å². The molecule has 2 rings (SSSR count). The first kappa shape index (κ1) is 16.6. The zero-order valence-electron chi connectivity index (χ0n) is 14.8. The van der Waals surface area contributed by atoms with Gasteiger partial charge in [-0.15, -0.1) is 0 Å². The lowest BCUT2D eigenvalue weighted by Gasteiger charge is -2.25.